The first-order valence-electron chi connectivity index (χ1n) is 8.73. The Bertz CT molecular complexity index is 1220. The van der Waals surface area contributed by atoms with Crippen LogP contribution >= 0.6 is 15.9 Å². The predicted molar refractivity (Wildman–Crippen MR) is 110 cm³/mol. The molecular weight excluding hydrogens is 440 g/mol. The Balaban J connectivity index is 1.67. The normalized spacial score (nSPS) is 10.9. The van der Waals surface area contributed by atoms with Crippen LogP contribution in [0.2, 0.25) is 0 Å². The highest BCUT2D eigenvalue weighted by atomic mass is 79.9. The largest absolute Gasteiger partial charge is 0.268 e. The fourth-order valence-electron chi connectivity index (χ4n) is 2.97. The molecule has 0 saturated heterocycles. The van der Waals surface area contributed by atoms with Gasteiger partial charge in [0.2, 0.25) is 0 Å². The van der Waals surface area contributed by atoms with E-state index in [1.54, 1.807) is 6.20 Å². The minimum absolute atomic E-state index is 0.217. The van der Waals surface area contributed by atoms with Crippen LogP contribution in [0.15, 0.2) is 82.2 Å². The smallest absolute Gasteiger partial charge is 0.267 e. The lowest BCUT2D eigenvalue weighted by atomic mass is 10.1. The van der Waals surface area contributed by atoms with E-state index in [0.29, 0.717) is 5.69 Å². The van der Waals surface area contributed by atoms with E-state index in [2.05, 4.69) is 26.0 Å². The average Bonchev–Trinajstić information content (AvgIpc) is 2.70. The summed E-state index contributed by atoms with van der Waals surface area (Å²) < 4.78 is 29.2. The molecule has 0 atom stereocenters. The van der Waals surface area contributed by atoms with Crippen LogP contribution in [0.1, 0.15) is 5.56 Å². The van der Waals surface area contributed by atoms with Gasteiger partial charge in [0, 0.05) is 33.9 Å². The summed E-state index contributed by atoms with van der Waals surface area (Å²) in [6.45, 7) is 0.217. The Morgan fingerprint density at radius 1 is 0.862 bits per heavy atom. The third-order valence-electron chi connectivity index (χ3n) is 4.31. The van der Waals surface area contributed by atoms with Gasteiger partial charge in [-0.2, -0.15) is 5.10 Å². The molecule has 0 aliphatic carbocycles. The predicted octanol–water partition coefficient (Wildman–Crippen LogP) is 5.06. The molecule has 2 heterocycles. The number of rotatable bonds is 4. The van der Waals surface area contributed by atoms with Crippen molar-refractivity contribution >= 4 is 15.9 Å². The minimum atomic E-state index is -0.700. The Morgan fingerprint density at radius 2 is 1.62 bits per heavy atom. The quantitative estimate of drug-likeness (QED) is 0.433. The van der Waals surface area contributed by atoms with Gasteiger partial charge in [0.15, 0.2) is 0 Å². The van der Waals surface area contributed by atoms with Crippen molar-refractivity contribution in [3.8, 4) is 22.5 Å². The highest BCUT2D eigenvalue weighted by Gasteiger charge is 2.08. The molecule has 4 nitrogen and oxygen atoms in total. The molecule has 0 fully saturated rings. The summed E-state index contributed by atoms with van der Waals surface area (Å²) in [6.07, 6.45) is 1.72. The molecule has 0 saturated carbocycles. The van der Waals surface area contributed by atoms with Gasteiger partial charge in [0.1, 0.15) is 11.6 Å². The molecule has 0 N–H and O–H groups in total. The lowest BCUT2D eigenvalue weighted by Crippen LogP contribution is -2.22. The minimum Gasteiger partial charge on any atom is -0.268 e. The van der Waals surface area contributed by atoms with E-state index in [1.807, 2.05) is 36.4 Å². The topological polar surface area (TPSA) is 47.8 Å². The first-order valence-corrected chi connectivity index (χ1v) is 9.53. The molecule has 0 aliphatic heterocycles. The molecule has 4 rings (SSSR count). The summed E-state index contributed by atoms with van der Waals surface area (Å²) in [5.41, 5.74) is 2.84. The van der Waals surface area contributed by atoms with Crippen LogP contribution in [-0.2, 0) is 6.54 Å². The maximum Gasteiger partial charge on any atom is 0.267 e. The van der Waals surface area contributed by atoms with Crippen LogP contribution in [0.25, 0.3) is 22.5 Å². The first kappa shape index (κ1) is 19.1. The Hall–Kier alpha value is -3.19. The van der Waals surface area contributed by atoms with Crippen LogP contribution < -0.4 is 5.56 Å². The number of aromatic nitrogens is 3. The third-order valence-corrected chi connectivity index (χ3v) is 4.78. The summed E-state index contributed by atoms with van der Waals surface area (Å²) in [6, 6.07) is 17.4. The van der Waals surface area contributed by atoms with E-state index in [0.717, 1.165) is 27.4 Å². The standard InChI is InChI=1S/C22H14BrF2N3O/c23-17-4-5-20(26-12-17)15-3-1-2-14(8-15)13-28-22(29)7-6-21(27-28)16-9-18(24)11-19(25)10-16/h1-12H,13H2. The van der Waals surface area contributed by atoms with E-state index in [1.165, 1.54) is 28.9 Å². The van der Waals surface area contributed by atoms with Gasteiger partial charge in [-0.25, -0.2) is 13.5 Å². The van der Waals surface area contributed by atoms with Crippen molar-refractivity contribution in [3.05, 3.63) is 105 Å². The molecule has 0 amide bonds. The summed E-state index contributed by atoms with van der Waals surface area (Å²) >= 11 is 3.36. The van der Waals surface area contributed by atoms with Gasteiger partial charge in [-0.15, -0.1) is 0 Å². The zero-order valence-electron chi connectivity index (χ0n) is 15.0. The van der Waals surface area contributed by atoms with Gasteiger partial charge in [0.25, 0.3) is 5.56 Å². The van der Waals surface area contributed by atoms with Crippen molar-refractivity contribution in [2.45, 2.75) is 6.54 Å². The van der Waals surface area contributed by atoms with E-state index in [9.17, 15) is 13.6 Å². The lowest BCUT2D eigenvalue weighted by molar-refractivity contribution is 0.583. The van der Waals surface area contributed by atoms with Gasteiger partial charge in [-0.05, 0) is 57.9 Å². The molecular formula is C22H14BrF2N3O. The van der Waals surface area contributed by atoms with Gasteiger partial charge in [0.05, 0.1) is 17.9 Å². The molecule has 0 aliphatic rings. The molecule has 0 unspecified atom stereocenters. The molecule has 2 aromatic carbocycles. The fraction of sp³-hybridized carbons (Fsp3) is 0.0455. The van der Waals surface area contributed by atoms with Crippen LogP contribution in [0, 0.1) is 11.6 Å². The molecule has 2 aromatic heterocycles. The highest BCUT2D eigenvalue weighted by molar-refractivity contribution is 9.10. The van der Waals surface area contributed by atoms with Crippen molar-refractivity contribution in [1.29, 1.82) is 0 Å². The SMILES string of the molecule is O=c1ccc(-c2cc(F)cc(F)c2)nn1Cc1cccc(-c2ccc(Br)cn2)c1. The molecule has 4 aromatic rings. The average molecular weight is 454 g/mol. The molecule has 0 bridgehead atoms. The van der Waals surface area contributed by atoms with Gasteiger partial charge >= 0.3 is 0 Å². The number of pyridine rings is 1. The Labute approximate surface area is 173 Å². The number of benzene rings is 2. The van der Waals surface area contributed by atoms with Crippen LogP contribution in [0.4, 0.5) is 8.78 Å². The number of hydrogen-bond acceptors (Lipinski definition) is 3. The van der Waals surface area contributed by atoms with E-state index in [4.69, 9.17) is 0 Å². The van der Waals surface area contributed by atoms with Crippen molar-refractivity contribution in [1.82, 2.24) is 14.8 Å². The van der Waals surface area contributed by atoms with Crippen LogP contribution in [0.3, 0.4) is 0 Å². The summed E-state index contributed by atoms with van der Waals surface area (Å²) in [7, 11) is 0. The second-order valence-corrected chi connectivity index (χ2v) is 7.35. The van der Waals surface area contributed by atoms with E-state index in [-0.39, 0.29) is 17.7 Å². The third kappa shape index (κ3) is 4.46. The first-order chi connectivity index (χ1) is 14.0. The van der Waals surface area contributed by atoms with Crippen molar-refractivity contribution < 1.29 is 8.78 Å². The van der Waals surface area contributed by atoms with Crippen molar-refractivity contribution in [2.24, 2.45) is 0 Å². The summed E-state index contributed by atoms with van der Waals surface area (Å²) in [5, 5.41) is 4.28. The van der Waals surface area contributed by atoms with Gasteiger partial charge in [-0.1, -0.05) is 18.2 Å². The van der Waals surface area contributed by atoms with E-state index >= 15 is 0 Å². The van der Waals surface area contributed by atoms with Gasteiger partial charge in [-0.3, -0.25) is 9.78 Å². The monoisotopic (exact) mass is 453 g/mol. The number of halogens is 3. The Morgan fingerprint density at radius 3 is 2.34 bits per heavy atom. The van der Waals surface area contributed by atoms with Gasteiger partial charge < -0.3 is 0 Å². The summed E-state index contributed by atoms with van der Waals surface area (Å²) in [5.74, 6) is -1.40. The van der Waals surface area contributed by atoms with E-state index < -0.39 is 11.6 Å². The number of hydrogen-bond donors (Lipinski definition) is 0. The maximum absolute atomic E-state index is 13.5. The second kappa shape index (κ2) is 8.05. The summed E-state index contributed by atoms with van der Waals surface area (Å²) in [4.78, 5) is 16.7. The highest BCUT2D eigenvalue weighted by Crippen LogP contribution is 2.21. The second-order valence-electron chi connectivity index (χ2n) is 6.43. The Kier molecular flexibility index (Phi) is 5.31. The van der Waals surface area contributed by atoms with Crippen molar-refractivity contribution in [3.63, 3.8) is 0 Å². The zero-order valence-corrected chi connectivity index (χ0v) is 16.6. The number of nitrogens with zero attached hydrogens (tertiary/aromatic N) is 3. The molecule has 0 spiro atoms. The fourth-order valence-corrected chi connectivity index (χ4v) is 3.20. The molecule has 29 heavy (non-hydrogen) atoms. The molecule has 144 valence electrons. The molecule has 7 heteroatoms. The van der Waals surface area contributed by atoms with Crippen LogP contribution in [0.5, 0.6) is 0 Å². The van der Waals surface area contributed by atoms with Crippen molar-refractivity contribution in [2.75, 3.05) is 0 Å². The zero-order chi connectivity index (χ0) is 20.4. The lowest BCUT2D eigenvalue weighted by Gasteiger charge is -2.09. The molecule has 0 radical (unpaired) electrons. The van der Waals surface area contributed by atoms with Crippen LogP contribution in [-0.4, -0.2) is 14.8 Å². The maximum atomic E-state index is 13.5.